The van der Waals surface area contributed by atoms with Crippen LogP contribution in [-0.2, 0) is 6.54 Å². The van der Waals surface area contributed by atoms with Gasteiger partial charge in [0, 0.05) is 22.3 Å². The number of amides is 1. The molecular weight excluding hydrogens is 304 g/mol. The summed E-state index contributed by atoms with van der Waals surface area (Å²) in [5, 5.41) is 2.87. The molecule has 1 amide bonds. The fraction of sp³-hybridized carbons (Fsp3) is 0.133. The van der Waals surface area contributed by atoms with Gasteiger partial charge in [-0.2, -0.15) is 0 Å². The van der Waals surface area contributed by atoms with Crippen LogP contribution in [0.5, 0.6) is 0 Å². The summed E-state index contributed by atoms with van der Waals surface area (Å²) in [6.07, 6.45) is 0. The molecule has 0 bridgehead atoms. The van der Waals surface area contributed by atoms with Crippen molar-refractivity contribution in [2.45, 2.75) is 13.5 Å². The number of aryl methyl sites for hydroxylation is 1. The molecule has 0 spiro atoms. The van der Waals surface area contributed by atoms with E-state index < -0.39 is 0 Å². The number of benzene rings is 2. The van der Waals surface area contributed by atoms with Crippen LogP contribution in [0.4, 0.5) is 5.69 Å². The summed E-state index contributed by atoms with van der Waals surface area (Å²) < 4.78 is 0.934. The number of hydrogen-bond donors (Lipinski definition) is 2. The summed E-state index contributed by atoms with van der Waals surface area (Å²) in [5.41, 5.74) is 9.12. The molecule has 0 heterocycles. The van der Waals surface area contributed by atoms with E-state index >= 15 is 0 Å². The van der Waals surface area contributed by atoms with Gasteiger partial charge in [-0.15, -0.1) is 0 Å². The molecule has 4 heteroatoms. The molecule has 0 aliphatic heterocycles. The maximum absolute atomic E-state index is 12.0. The van der Waals surface area contributed by atoms with Crippen molar-refractivity contribution < 1.29 is 4.79 Å². The third kappa shape index (κ3) is 3.58. The molecule has 0 radical (unpaired) electrons. The van der Waals surface area contributed by atoms with Gasteiger partial charge in [0.05, 0.1) is 0 Å². The highest BCUT2D eigenvalue weighted by Gasteiger charge is 2.06. The quantitative estimate of drug-likeness (QED) is 0.853. The van der Waals surface area contributed by atoms with Crippen LogP contribution >= 0.6 is 15.9 Å². The SMILES string of the molecule is Cc1ccc(C(=O)NCc2cccc(N)c2)cc1Br. The van der Waals surface area contributed by atoms with E-state index in [2.05, 4.69) is 21.2 Å². The Labute approximate surface area is 121 Å². The summed E-state index contributed by atoms with van der Waals surface area (Å²) in [5.74, 6) is -0.0943. The molecule has 98 valence electrons. The zero-order valence-electron chi connectivity index (χ0n) is 10.6. The molecule has 0 saturated heterocycles. The Hall–Kier alpha value is -1.81. The minimum Gasteiger partial charge on any atom is -0.399 e. The Kier molecular flexibility index (Phi) is 4.22. The second kappa shape index (κ2) is 5.89. The average molecular weight is 319 g/mol. The second-order valence-corrected chi connectivity index (χ2v) is 5.25. The number of hydrogen-bond acceptors (Lipinski definition) is 2. The van der Waals surface area contributed by atoms with Crippen LogP contribution < -0.4 is 11.1 Å². The van der Waals surface area contributed by atoms with E-state index in [1.54, 1.807) is 0 Å². The number of anilines is 1. The Morgan fingerprint density at radius 2 is 2.05 bits per heavy atom. The number of halogens is 1. The number of rotatable bonds is 3. The molecule has 0 atom stereocenters. The monoisotopic (exact) mass is 318 g/mol. The molecule has 3 nitrogen and oxygen atoms in total. The fourth-order valence-electron chi connectivity index (χ4n) is 1.72. The van der Waals surface area contributed by atoms with E-state index in [9.17, 15) is 4.79 Å². The zero-order chi connectivity index (χ0) is 13.8. The van der Waals surface area contributed by atoms with E-state index in [1.807, 2.05) is 49.4 Å². The Bertz CT molecular complexity index is 611. The lowest BCUT2D eigenvalue weighted by Crippen LogP contribution is -2.22. The molecule has 0 aliphatic carbocycles. The first-order valence-corrected chi connectivity index (χ1v) is 6.74. The summed E-state index contributed by atoms with van der Waals surface area (Å²) >= 11 is 3.42. The van der Waals surface area contributed by atoms with Gasteiger partial charge in [-0.25, -0.2) is 0 Å². The lowest BCUT2D eigenvalue weighted by Gasteiger charge is -2.07. The van der Waals surface area contributed by atoms with Crippen LogP contribution in [0.1, 0.15) is 21.5 Å². The first-order valence-electron chi connectivity index (χ1n) is 5.95. The smallest absolute Gasteiger partial charge is 0.251 e. The molecule has 3 N–H and O–H groups in total. The van der Waals surface area contributed by atoms with E-state index in [-0.39, 0.29) is 5.91 Å². The standard InChI is InChI=1S/C15H15BrN2O/c1-10-5-6-12(8-14(10)16)15(19)18-9-11-3-2-4-13(17)7-11/h2-8H,9,17H2,1H3,(H,18,19). The number of nitrogens with one attached hydrogen (secondary N) is 1. The zero-order valence-corrected chi connectivity index (χ0v) is 12.2. The van der Waals surface area contributed by atoms with Gasteiger partial charge in [0.1, 0.15) is 0 Å². The third-order valence-electron chi connectivity index (χ3n) is 2.84. The molecular formula is C15H15BrN2O. The van der Waals surface area contributed by atoms with Gasteiger partial charge >= 0.3 is 0 Å². The fourth-order valence-corrected chi connectivity index (χ4v) is 2.10. The van der Waals surface area contributed by atoms with Crippen LogP contribution in [0.25, 0.3) is 0 Å². The van der Waals surface area contributed by atoms with Gasteiger partial charge < -0.3 is 11.1 Å². The Balaban J connectivity index is 2.03. The molecule has 0 saturated carbocycles. The van der Waals surface area contributed by atoms with Crippen molar-refractivity contribution in [2.75, 3.05) is 5.73 Å². The van der Waals surface area contributed by atoms with Gasteiger partial charge in [-0.1, -0.05) is 34.1 Å². The third-order valence-corrected chi connectivity index (χ3v) is 3.69. The second-order valence-electron chi connectivity index (χ2n) is 4.39. The first-order chi connectivity index (χ1) is 9.06. The highest BCUT2D eigenvalue weighted by Crippen LogP contribution is 2.17. The predicted molar refractivity (Wildman–Crippen MR) is 80.9 cm³/mol. The summed E-state index contributed by atoms with van der Waals surface area (Å²) in [7, 11) is 0. The molecule has 2 aromatic rings. The van der Waals surface area contributed by atoms with Crippen molar-refractivity contribution in [2.24, 2.45) is 0 Å². The van der Waals surface area contributed by atoms with Crippen LogP contribution in [-0.4, -0.2) is 5.91 Å². The lowest BCUT2D eigenvalue weighted by molar-refractivity contribution is 0.0951. The number of nitrogen functional groups attached to an aromatic ring is 1. The molecule has 19 heavy (non-hydrogen) atoms. The maximum Gasteiger partial charge on any atom is 0.251 e. The highest BCUT2D eigenvalue weighted by molar-refractivity contribution is 9.10. The maximum atomic E-state index is 12.0. The van der Waals surface area contributed by atoms with Gasteiger partial charge in [0.2, 0.25) is 0 Å². The predicted octanol–water partition coefficient (Wildman–Crippen LogP) is 3.27. The van der Waals surface area contributed by atoms with Crippen LogP contribution in [0.3, 0.4) is 0 Å². The minimum absolute atomic E-state index is 0.0943. The van der Waals surface area contributed by atoms with Crippen molar-refractivity contribution in [3.05, 3.63) is 63.6 Å². The van der Waals surface area contributed by atoms with Gasteiger partial charge in [-0.3, -0.25) is 4.79 Å². The first kappa shape index (κ1) is 13.6. The van der Waals surface area contributed by atoms with Crippen molar-refractivity contribution in [3.63, 3.8) is 0 Å². The normalized spacial score (nSPS) is 10.2. The summed E-state index contributed by atoms with van der Waals surface area (Å²) in [6, 6.07) is 13.0. The van der Waals surface area contributed by atoms with E-state index in [1.165, 1.54) is 0 Å². The number of carbonyl (C=O) groups is 1. The van der Waals surface area contributed by atoms with Crippen molar-refractivity contribution >= 4 is 27.5 Å². The molecule has 2 rings (SSSR count). The van der Waals surface area contributed by atoms with E-state index in [0.29, 0.717) is 17.8 Å². The lowest BCUT2D eigenvalue weighted by atomic mass is 10.1. The Morgan fingerprint density at radius 1 is 1.26 bits per heavy atom. The highest BCUT2D eigenvalue weighted by atomic mass is 79.9. The largest absolute Gasteiger partial charge is 0.399 e. The van der Waals surface area contributed by atoms with Crippen molar-refractivity contribution in [3.8, 4) is 0 Å². The van der Waals surface area contributed by atoms with Crippen LogP contribution in [0, 0.1) is 6.92 Å². The van der Waals surface area contributed by atoms with Gasteiger partial charge in [-0.05, 0) is 42.3 Å². The summed E-state index contributed by atoms with van der Waals surface area (Å²) in [6.45, 7) is 2.45. The molecule has 0 unspecified atom stereocenters. The number of carbonyl (C=O) groups excluding carboxylic acids is 1. The van der Waals surface area contributed by atoms with Crippen LogP contribution in [0.2, 0.25) is 0 Å². The molecule has 0 aromatic heterocycles. The molecule has 2 aromatic carbocycles. The molecule has 0 aliphatic rings. The van der Waals surface area contributed by atoms with Gasteiger partial charge in [0.25, 0.3) is 5.91 Å². The van der Waals surface area contributed by atoms with Crippen LogP contribution in [0.15, 0.2) is 46.9 Å². The summed E-state index contributed by atoms with van der Waals surface area (Å²) in [4.78, 5) is 12.0. The number of nitrogens with two attached hydrogens (primary N) is 1. The van der Waals surface area contributed by atoms with E-state index in [4.69, 9.17) is 5.73 Å². The average Bonchev–Trinajstić information content (AvgIpc) is 2.39. The minimum atomic E-state index is -0.0943. The van der Waals surface area contributed by atoms with Crippen molar-refractivity contribution in [1.29, 1.82) is 0 Å². The Morgan fingerprint density at radius 3 is 2.74 bits per heavy atom. The molecule has 0 fully saturated rings. The van der Waals surface area contributed by atoms with Gasteiger partial charge in [0.15, 0.2) is 0 Å². The van der Waals surface area contributed by atoms with E-state index in [0.717, 1.165) is 15.6 Å². The van der Waals surface area contributed by atoms with Crippen molar-refractivity contribution in [1.82, 2.24) is 5.32 Å². The topological polar surface area (TPSA) is 55.1 Å².